The summed E-state index contributed by atoms with van der Waals surface area (Å²) in [7, 11) is 0. The Kier molecular flexibility index (Phi) is 6.82. The molecule has 2 aromatic carbocycles. The van der Waals surface area contributed by atoms with Crippen LogP contribution in [0.15, 0.2) is 48.0 Å². The number of hydrogen-bond donors (Lipinski definition) is 1. The molecule has 0 radical (unpaired) electrons. The van der Waals surface area contributed by atoms with Crippen LogP contribution in [0.5, 0.6) is 0 Å². The molecule has 4 heterocycles. The van der Waals surface area contributed by atoms with Gasteiger partial charge in [0.25, 0.3) is 5.91 Å². The summed E-state index contributed by atoms with van der Waals surface area (Å²) in [5.41, 5.74) is 7.17. The molecule has 1 aliphatic carbocycles. The molecule has 1 N–H and O–H groups in total. The van der Waals surface area contributed by atoms with E-state index in [0.717, 1.165) is 50.1 Å². The first-order valence-corrected chi connectivity index (χ1v) is 15.3. The Labute approximate surface area is 246 Å². The topological polar surface area (TPSA) is 73.0 Å². The number of carbonyl (C=O) groups is 3. The zero-order valence-electron chi connectivity index (χ0n) is 24.5. The smallest absolute Gasteiger partial charge is 0.255 e. The van der Waals surface area contributed by atoms with E-state index in [2.05, 4.69) is 41.1 Å². The van der Waals surface area contributed by atoms with E-state index in [1.54, 1.807) is 17.0 Å². The fraction of sp³-hybridized carbons (Fsp3) is 0.500. The lowest BCUT2D eigenvalue weighted by Crippen LogP contribution is -2.52. The number of hydrogen-bond acceptors (Lipinski definition) is 5. The summed E-state index contributed by atoms with van der Waals surface area (Å²) in [5, 5.41) is 2.38. The molecule has 2 bridgehead atoms. The monoisotopic (exact) mass is 570 g/mol. The van der Waals surface area contributed by atoms with Gasteiger partial charge in [-0.05, 0) is 78.0 Å². The summed E-state index contributed by atoms with van der Waals surface area (Å²) >= 11 is 0. The Morgan fingerprint density at radius 2 is 1.69 bits per heavy atom. The number of likely N-dealkylation sites (tertiary alicyclic amines) is 2. The highest BCUT2D eigenvalue weighted by Crippen LogP contribution is 2.44. The van der Waals surface area contributed by atoms with Crippen molar-refractivity contribution >= 4 is 23.3 Å². The van der Waals surface area contributed by atoms with Crippen LogP contribution >= 0.6 is 0 Å². The van der Waals surface area contributed by atoms with Gasteiger partial charge in [-0.2, -0.15) is 0 Å². The van der Waals surface area contributed by atoms with Crippen molar-refractivity contribution in [1.82, 2.24) is 20.0 Å². The maximum absolute atomic E-state index is 13.7. The Morgan fingerprint density at radius 1 is 0.952 bits per heavy atom. The molecule has 3 amide bonds. The number of benzene rings is 2. The average molecular weight is 571 g/mol. The minimum atomic E-state index is -0.583. The van der Waals surface area contributed by atoms with Gasteiger partial charge in [0.2, 0.25) is 11.8 Å². The van der Waals surface area contributed by atoms with Gasteiger partial charge in [-0.3, -0.25) is 29.5 Å². The van der Waals surface area contributed by atoms with Crippen LogP contribution in [0.1, 0.15) is 79.4 Å². The van der Waals surface area contributed by atoms with Crippen molar-refractivity contribution in [3.05, 3.63) is 76.1 Å². The predicted molar refractivity (Wildman–Crippen MR) is 158 cm³/mol. The van der Waals surface area contributed by atoms with Gasteiger partial charge in [0.05, 0.1) is 0 Å². The first-order valence-electron chi connectivity index (χ1n) is 15.3. The van der Waals surface area contributed by atoms with Gasteiger partial charge in [-0.15, -0.1) is 0 Å². The average Bonchev–Trinajstić information content (AvgIpc) is 3.62. The second kappa shape index (κ2) is 10.4. The third kappa shape index (κ3) is 5.09. The standard InChI is InChI=1S/C34H39FN4O3/c1-34(2)12-11-23(29(15-34)22-4-6-25(35)7-5-22)17-38-20-26-14-27(38)19-37(26)16-21-3-8-28-24(13-21)18-39(33(28)42)30-9-10-31(40)36-32(30)41/h3-8,13,26-27,30H,9-12,14-20H2,1-2H3,(H,36,40,41)/t26-,27-,30?/m0/s1. The van der Waals surface area contributed by atoms with Crippen molar-refractivity contribution in [3.8, 4) is 0 Å². The summed E-state index contributed by atoms with van der Waals surface area (Å²) in [6.45, 7) is 9.03. The van der Waals surface area contributed by atoms with E-state index >= 15 is 0 Å². The van der Waals surface area contributed by atoms with Gasteiger partial charge < -0.3 is 4.90 Å². The zero-order chi connectivity index (χ0) is 29.2. The van der Waals surface area contributed by atoms with Crippen molar-refractivity contribution in [2.24, 2.45) is 5.41 Å². The lowest BCUT2D eigenvalue weighted by molar-refractivity contribution is -0.136. The summed E-state index contributed by atoms with van der Waals surface area (Å²) in [4.78, 5) is 43.9. The van der Waals surface area contributed by atoms with Crippen LogP contribution in [-0.4, -0.2) is 70.2 Å². The van der Waals surface area contributed by atoms with Crippen LogP contribution < -0.4 is 5.32 Å². The highest BCUT2D eigenvalue weighted by Gasteiger charge is 2.44. The molecule has 7 nitrogen and oxygen atoms in total. The summed E-state index contributed by atoms with van der Waals surface area (Å²) in [6, 6.07) is 13.6. The highest BCUT2D eigenvalue weighted by atomic mass is 19.1. The lowest BCUT2D eigenvalue weighted by atomic mass is 9.72. The number of nitrogens with zero attached hydrogens (tertiary/aromatic N) is 3. The van der Waals surface area contributed by atoms with Crippen LogP contribution in [0.4, 0.5) is 4.39 Å². The fourth-order valence-corrected chi connectivity index (χ4v) is 7.89. The van der Waals surface area contributed by atoms with E-state index in [-0.39, 0.29) is 35.4 Å². The van der Waals surface area contributed by atoms with Gasteiger partial charge in [-0.25, -0.2) is 4.39 Å². The Hall–Kier alpha value is -3.36. The molecule has 3 saturated heterocycles. The largest absolute Gasteiger partial charge is 0.322 e. The van der Waals surface area contributed by atoms with Gasteiger partial charge in [0.15, 0.2) is 0 Å². The van der Waals surface area contributed by atoms with E-state index in [9.17, 15) is 18.8 Å². The lowest BCUT2D eigenvalue weighted by Gasteiger charge is -2.38. The molecule has 42 heavy (non-hydrogen) atoms. The molecule has 0 aromatic heterocycles. The van der Waals surface area contributed by atoms with Crippen LogP contribution in [0.25, 0.3) is 5.57 Å². The first-order chi connectivity index (χ1) is 20.1. The highest BCUT2D eigenvalue weighted by molar-refractivity contribution is 6.05. The second-order valence-electron chi connectivity index (χ2n) is 13.7. The number of rotatable bonds is 6. The molecule has 3 fully saturated rings. The van der Waals surface area contributed by atoms with Gasteiger partial charge in [-0.1, -0.05) is 43.7 Å². The molecule has 1 unspecified atom stereocenters. The summed E-state index contributed by atoms with van der Waals surface area (Å²) < 4.78 is 13.7. The van der Waals surface area contributed by atoms with E-state index in [4.69, 9.17) is 0 Å². The van der Waals surface area contributed by atoms with Crippen molar-refractivity contribution in [2.75, 3.05) is 19.6 Å². The number of allylic oxidation sites excluding steroid dienone is 1. The minimum Gasteiger partial charge on any atom is -0.322 e. The molecule has 0 spiro atoms. The number of fused-ring (bicyclic) bond motifs is 3. The summed E-state index contributed by atoms with van der Waals surface area (Å²) in [6.07, 6.45) is 5.13. The van der Waals surface area contributed by atoms with Crippen LogP contribution in [0.3, 0.4) is 0 Å². The maximum atomic E-state index is 13.7. The van der Waals surface area contributed by atoms with Crippen molar-refractivity contribution in [1.29, 1.82) is 0 Å². The number of piperazine rings is 1. The van der Waals surface area contributed by atoms with E-state index in [1.165, 1.54) is 29.6 Å². The van der Waals surface area contributed by atoms with Crippen LogP contribution in [0, 0.1) is 11.2 Å². The molecule has 3 atom stereocenters. The van der Waals surface area contributed by atoms with Crippen LogP contribution in [0.2, 0.25) is 0 Å². The maximum Gasteiger partial charge on any atom is 0.255 e. The molecular formula is C34H39FN4O3. The second-order valence-corrected chi connectivity index (χ2v) is 13.7. The Morgan fingerprint density at radius 3 is 2.40 bits per heavy atom. The molecule has 5 aliphatic rings. The quantitative estimate of drug-likeness (QED) is 0.518. The SMILES string of the molecule is CC1(C)CCC(CN2C[C@@H]3C[C@H]2CN3Cc2ccc3c(c2)CN(C2CCC(=O)NC2=O)C3=O)=C(c2ccc(F)cc2)C1. The number of halogens is 1. The number of imide groups is 1. The molecule has 4 aliphatic heterocycles. The van der Waals surface area contributed by atoms with E-state index in [1.807, 2.05) is 18.2 Å². The predicted octanol–water partition coefficient (Wildman–Crippen LogP) is 4.51. The molecule has 2 aromatic rings. The van der Waals surface area contributed by atoms with Crippen LogP contribution in [-0.2, 0) is 22.7 Å². The normalized spacial score (nSPS) is 27.6. The Balaban J connectivity index is 1.01. The number of amides is 3. The number of carbonyl (C=O) groups excluding carboxylic acids is 3. The van der Waals surface area contributed by atoms with Gasteiger partial charge in [0, 0.05) is 56.8 Å². The Bertz CT molecular complexity index is 1480. The van der Waals surface area contributed by atoms with Crippen molar-refractivity contribution < 1.29 is 18.8 Å². The third-order valence-corrected chi connectivity index (χ3v) is 10.2. The first kappa shape index (κ1) is 27.5. The summed E-state index contributed by atoms with van der Waals surface area (Å²) in [5.74, 6) is -0.950. The van der Waals surface area contributed by atoms with Gasteiger partial charge >= 0.3 is 0 Å². The molecule has 7 rings (SSSR count). The van der Waals surface area contributed by atoms with Crippen molar-refractivity contribution in [2.45, 2.75) is 83.6 Å². The van der Waals surface area contributed by atoms with Gasteiger partial charge in [0.1, 0.15) is 11.9 Å². The minimum absolute atomic E-state index is 0.123. The number of piperidine rings is 1. The third-order valence-electron chi connectivity index (χ3n) is 10.2. The fourth-order valence-electron chi connectivity index (χ4n) is 7.89. The number of nitrogens with one attached hydrogen (secondary N) is 1. The molecule has 0 saturated carbocycles. The zero-order valence-corrected chi connectivity index (χ0v) is 24.5. The van der Waals surface area contributed by atoms with Crippen molar-refractivity contribution in [3.63, 3.8) is 0 Å². The van der Waals surface area contributed by atoms with E-state index < -0.39 is 6.04 Å². The van der Waals surface area contributed by atoms with E-state index in [0.29, 0.717) is 30.6 Å². The molecule has 220 valence electrons. The molecule has 8 heteroatoms. The molecular weight excluding hydrogens is 531 g/mol.